The highest BCUT2D eigenvalue weighted by molar-refractivity contribution is 5.98. The molecule has 0 saturated carbocycles. The number of hydrogen-bond donors (Lipinski definition) is 1. The molecule has 4 nitrogen and oxygen atoms in total. The third-order valence-electron chi connectivity index (χ3n) is 14.3. The average molecular weight is 949 g/mol. The van der Waals surface area contributed by atoms with Crippen molar-refractivity contribution in [3.05, 3.63) is 191 Å². The topological polar surface area (TPSA) is 50.9 Å². The van der Waals surface area contributed by atoms with Gasteiger partial charge in [-0.3, -0.25) is 9.55 Å². The molecule has 9 rings (SSSR count). The van der Waals surface area contributed by atoms with Gasteiger partial charge < -0.3 is 5.11 Å². The molecule has 0 atom stereocenters. The van der Waals surface area contributed by atoms with Crippen LogP contribution >= 0.6 is 0 Å². The van der Waals surface area contributed by atoms with Gasteiger partial charge in [-0.15, -0.1) is 0 Å². The normalized spacial score (nSPS) is 12.9. The van der Waals surface area contributed by atoms with Gasteiger partial charge in [-0.25, -0.2) is 4.98 Å². The molecule has 0 amide bonds. The smallest absolute Gasteiger partial charge is 0.149 e. The number of aromatic hydroxyl groups is 1. The molecule has 1 N–H and O–H groups in total. The summed E-state index contributed by atoms with van der Waals surface area (Å²) in [5.41, 5.74) is 20.1. The Morgan fingerprint density at radius 3 is 1.67 bits per heavy atom. The fourth-order valence-electron chi connectivity index (χ4n) is 9.80. The van der Waals surface area contributed by atoms with Crippen LogP contribution in [0.1, 0.15) is 138 Å². The Labute approximate surface area is 431 Å². The van der Waals surface area contributed by atoms with Crippen LogP contribution in [0.3, 0.4) is 0 Å². The van der Waals surface area contributed by atoms with Crippen molar-refractivity contribution in [2.24, 2.45) is 0 Å². The van der Waals surface area contributed by atoms with E-state index in [2.05, 4.69) is 246 Å². The Balaban J connectivity index is 1.29. The van der Waals surface area contributed by atoms with Gasteiger partial charge in [0.1, 0.15) is 11.6 Å². The summed E-state index contributed by atoms with van der Waals surface area (Å²) < 4.78 is 10.8. The molecule has 0 unspecified atom stereocenters. The second kappa shape index (κ2) is 18.5. The Morgan fingerprint density at radius 2 is 1.06 bits per heavy atom. The van der Waals surface area contributed by atoms with Gasteiger partial charge in [0.2, 0.25) is 0 Å². The van der Waals surface area contributed by atoms with Crippen molar-refractivity contribution in [3.8, 4) is 78.6 Å². The highest BCUT2D eigenvalue weighted by atomic mass is 16.3. The fraction of sp³-hybridized carbons (Fsp3) is 0.294. The van der Waals surface area contributed by atoms with Crippen molar-refractivity contribution in [2.75, 3.05) is 0 Å². The minimum Gasteiger partial charge on any atom is -0.507 e. The van der Waals surface area contributed by atoms with Crippen LogP contribution in [0.15, 0.2) is 158 Å². The number of aryl methyl sites for hydroxylation is 1. The lowest BCUT2D eigenvalue weighted by atomic mass is 9.78. The minimum atomic E-state index is -0.679. The maximum absolute atomic E-state index is 12.6. The second-order valence-electron chi connectivity index (χ2n) is 24.3. The lowest BCUT2D eigenvalue weighted by Crippen LogP contribution is -2.17. The summed E-state index contributed by atoms with van der Waals surface area (Å²) in [6, 6.07) is 54.5. The van der Waals surface area contributed by atoms with Crippen molar-refractivity contribution in [2.45, 2.75) is 131 Å². The van der Waals surface area contributed by atoms with Crippen LogP contribution in [0.2, 0.25) is 0 Å². The maximum Gasteiger partial charge on any atom is 0.149 e. The molecule has 2 aromatic heterocycles. The van der Waals surface area contributed by atoms with Gasteiger partial charge in [0.25, 0.3) is 0 Å². The van der Waals surface area contributed by atoms with Crippen LogP contribution in [-0.4, -0.2) is 19.6 Å². The summed E-state index contributed by atoms with van der Waals surface area (Å²) >= 11 is 0. The highest BCUT2D eigenvalue weighted by Gasteiger charge is 2.29. The Kier molecular flexibility index (Phi) is 12.5. The Morgan fingerprint density at radius 1 is 0.486 bits per heavy atom. The molecule has 366 valence electrons. The van der Waals surface area contributed by atoms with Gasteiger partial charge in [0.05, 0.1) is 28.0 Å². The van der Waals surface area contributed by atoms with E-state index in [0.717, 1.165) is 89.2 Å². The molecule has 0 saturated heterocycles. The predicted octanol–water partition coefficient (Wildman–Crippen LogP) is 18.7. The molecule has 7 aromatic carbocycles. The molecule has 0 fully saturated rings. The van der Waals surface area contributed by atoms with E-state index in [1.807, 2.05) is 20.0 Å². The zero-order valence-electron chi connectivity index (χ0n) is 46.3. The zero-order valence-corrected chi connectivity index (χ0v) is 45.3. The lowest BCUT2D eigenvalue weighted by molar-refractivity contribution is 0.446. The molecule has 0 radical (unpaired) electrons. The van der Waals surface area contributed by atoms with Crippen LogP contribution < -0.4 is 0 Å². The number of fused-ring (bicyclic) bond motifs is 1. The van der Waals surface area contributed by atoms with E-state index in [1.54, 1.807) is 0 Å². The summed E-state index contributed by atoms with van der Waals surface area (Å²) in [6.45, 7) is 33.0. The monoisotopic (exact) mass is 949 g/mol. The Bertz CT molecular complexity index is 3490. The molecule has 0 aliphatic rings. The molecule has 0 aliphatic carbocycles. The highest BCUT2D eigenvalue weighted by Crippen LogP contribution is 2.46. The first kappa shape index (κ1) is 48.6. The van der Waals surface area contributed by atoms with Crippen molar-refractivity contribution in [1.29, 1.82) is 0 Å². The van der Waals surface area contributed by atoms with E-state index in [9.17, 15) is 5.11 Å². The summed E-state index contributed by atoms with van der Waals surface area (Å²) in [5.74, 6) is 0.256. The molecule has 4 heteroatoms. The third-order valence-corrected chi connectivity index (χ3v) is 14.3. The molecule has 9 aromatic rings. The van der Waals surface area contributed by atoms with Crippen molar-refractivity contribution in [3.63, 3.8) is 0 Å². The van der Waals surface area contributed by atoms with Crippen LogP contribution in [0, 0.1) is 6.92 Å². The standard InChI is InChI=1S/C68H73N3O/c1-42(2)44-24-26-46(27-25-44)48-30-31-69-59(38-48)52-34-49(45-20-17-16-18-21-45)33-51(35-52)56-22-19-23-61-62(56)70-64(57-40-55(67(10,11)12)41-58(63(57)72)68(13,14)15)71(61)60-29-28-47(32-43(60)3)50-36-53(65(4,5)6)39-54(37-50)66(7,8)9/h16-42,72H,1-15H3/i42D. The molecular weight excluding hydrogens is 875 g/mol. The number of benzene rings is 7. The second-order valence-corrected chi connectivity index (χ2v) is 24.3. The predicted molar refractivity (Wildman–Crippen MR) is 307 cm³/mol. The lowest BCUT2D eigenvalue weighted by Gasteiger charge is -2.27. The first-order valence-corrected chi connectivity index (χ1v) is 25.6. The molecule has 2 heterocycles. The van der Waals surface area contributed by atoms with Crippen LogP contribution in [0.4, 0.5) is 0 Å². The molecule has 72 heavy (non-hydrogen) atoms. The number of phenols is 1. The number of imidazole rings is 1. The van der Waals surface area contributed by atoms with Gasteiger partial charge in [0, 0.05) is 24.3 Å². The van der Waals surface area contributed by atoms with Gasteiger partial charge in [0.15, 0.2) is 0 Å². The quantitative estimate of drug-likeness (QED) is 0.165. The summed E-state index contributed by atoms with van der Waals surface area (Å²) in [5, 5.41) is 12.6. The van der Waals surface area contributed by atoms with Crippen LogP contribution in [0.25, 0.3) is 83.9 Å². The van der Waals surface area contributed by atoms with Crippen molar-refractivity contribution >= 4 is 11.0 Å². The maximum atomic E-state index is 12.6. The van der Waals surface area contributed by atoms with Crippen molar-refractivity contribution < 1.29 is 6.48 Å². The molecular formula is C68H73N3O. The van der Waals surface area contributed by atoms with E-state index >= 15 is 0 Å². The Hall–Kier alpha value is -7.04. The average Bonchev–Trinajstić information content (AvgIpc) is 3.72. The number of nitrogens with zero attached hydrogens (tertiary/aromatic N) is 3. The first-order valence-electron chi connectivity index (χ1n) is 26.1. The summed E-state index contributed by atoms with van der Waals surface area (Å²) in [6.07, 6.45) is 1.89. The number of pyridine rings is 1. The first-order chi connectivity index (χ1) is 34.1. The summed E-state index contributed by atoms with van der Waals surface area (Å²) in [7, 11) is 0. The zero-order chi connectivity index (χ0) is 52.6. The van der Waals surface area contributed by atoms with E-state index in [-0.39, 0.29) is 27.4 Å². The number of aromatic nitrogens is 3. The van der Waals surface area contributed by atoms with Gasteiger partial charge in [-0.05, 0) is 156 Å². The number of rotatable bonds is 8. The largest absolute Gasteiger partial charge is 0.507 e. The molecule has 0 bridgehead atoms. The molecule has 0 aliphatic heterocycles. The van der Waals surface area contributed by atoms with E-state index in [0.29, 0.717) is 11.4 Å². The van der Waals surface area contributed by atoms with Gasteiger partial charge >= 0.3 is 0 Å². The third kappa shape index (κ3) is 9.94. The van der Waals surface area contributed by atoms with Crippen LogP contribution in [-0.2, 0) is 21.7 Å². The van der Waals surface area contributed by atoms with Gasteiger partial charge in [-0.1, -0.05) is 194 Å². The van der Waals surface area contributed by atoms with E-state index in [1.165, 1.54) is 16.7 Å². The SMILES string of the molecule is [2H]C(C)(C)c1ccc(-c2ccnc(-c3cc(-c4ccccc4)cc(-c4cccc5c4nc(-c4cc(C(C)(C)C)cc(C(C)(C)C)c4O)n5-c4ccc(-c5cc(C(C)(C)C)cc(C(C)(C)C)c5)cc4C)c3)c2)cc1. The number of hydrogen-bond acceptors (Lipinski definition) is 3. The van der Waals surface area contributed by atoms with E-state index in [4.69, 9.17) is 11.3 Å². The van der Waals surface area contributed by atoms with E-state index < -0.39 is 5.89 Å². The minimum absolute atomic E-state index is 0.0154. The van der Waals surface area contributed by atoms with Gasteiger partial charge in [-0.2, -0.15) is 0 Å². The molecule has 0 spiro atoms. The fourth-order valence-corrected chi connectivity index (χ4v) is 9.80. The number of para-hydroxylation sites is 1. The summed E-state index contributed by atoms with van der Waals surface area (Å²) in [4.78, 5) is 10.7. The van der Waals surface area contributed by atoms with Crippen LogP contribution in [0.5, 0.6) is 5.75 Å². The van der Waals surface area contributed by atoms with Crippen molar-refractivity contribution in [1.82, 2.24) is 14.5 Å². The number of phenolic OH excluding ortho intramolecular Hbond substituents is 1.